The lowest BCUT2D eigenvalue weighted by molar-refractivity contribution is 0.0463. The Kier molecular flexibility index (Phi) is 3.82. The standard InChI is InChI=1S/C10H10Cl3NO2/c1-15-14-7-2-3-16-10-6(12)4-5(11)9(13)8(7)10/h4,7,14H,2-3H2,1H3. The largest absolute Gasteiger partial charge is 0.492 e. The summed E-state index contributed by atoms with van der Waals surface area (Å²) in [6.45, 7) is 0.561. The third-order valence-electron chi connectivity index (χ3n) is 2.42. The van der Waals surface area contributed by atoms with Crippen LogP contribution in [0, 0.1) is 0 Å². The zero-order chi connectivity index (χ0) is 11.7. The smallest absolute Gasteiger partial charge is 0.144 e. The van der Waals surface area contributed by atoms with Gasteiger partial charge in [0.1, 0.15) is 5.75 Å². The van der Waals surface area contributed by atoms with Crippen molar-refractivity contribution in [2.24, 2.45) is 0 Å². The first kappa shape index (κ1) is 12.3. The number of hydroxylamine groups is 1. The molecule has 0 saturated heterocycles. The molecular weight excluding hydrogens is 272 g/mol. The Hall–Kier alpha value is -0.190. The summed E-state index contributed by atoms with van der Waals surface area (Å²) in [6.07, 6.45) is 0.747. The summed E-state index contributed by atoms with van der Waals surface area (Å²) in [7, 11) is 1.55. The molecule has 0 amide bonds. The second-order valence-electron chi connectivity index (χ2n) is 3.41. The Bertz CT molecular complexity index is 412. The molecule has 1 heterocycles. The van der Waals surface area contributed by atoms with Crippen molar-refractivity contribution in [2.75, 3.05) is 13.7 Å². The van der Waals surface area contributed by atoms with Gasteiger partial charge in [0.15, 0.2) is 0 Å². The van der Waals surface area contributed by atoms with E-state index in [4.69, 9.17) is 44.4 Å². The third kappa shape index (κ3) is 2.11. The number of benzene rings is 1. The molecule has 1 unspecified atom stereocenters. The number of ether oxygens (including phenoxy) is 1. The van der Waals surface area contributed by atoms with Crippen LogP contribution >= 0.6 is 34.8 Å². The molecule has 6 heteroatoms. The molecule has 16 heavy (non-hydrogen) atoms. The Balaban J connectivity index is 2.53. The monoisotopic (exact) mass is 281 g/mol. The van der Waals surface area contributed by atoms with E-state index in [1.807, 2.05) is 0 Å². The highest BCUT2D eigenvalue weighted by molar-refractivity contribution is 6.44. The van der Waals surface area contributed by atoms with Crippen molar-refractivity contribution >= 4 is 34.8 Å². The molecule has 1 aromatic rings. The number of hydrogen-bond acceptors (Lipinski definition) is 3. The maximum absolute atomic E-state index is 6.15. The van der Waals surface area contributed by atoms with E-state index in [-0.39, 0.29) is 6.04 Å². The molecular formula is C10H10Cl3NO2. The van der Waals surface area contributed by atoms with Crippen molar-refractivity contribution in [2.45, 2.75) is 12.5 Å². The van der Waals surface area contributed by atoms with Gasteiger partial charge in [-0.25, -0.2) is 0 Å². The van der Waals surface area contributed by atoms with E-state index in [1.165, 1.54) is 0 Å². The van der Waals surface area contributed by atoms with Crippen molar-refractivity contribution in [1.82, 2.24) is 5.48 Å². The fraction of sp³-hybridized carbons (Fsp3) is 0.400. The van der Waals surface area contributed by atoms with E-state index in [9.17, 15) is 0 Å². The van der Waals surface area contributed by atoms with Crippen LogP contribution in [0.4, 0.5) is 0 Å². The van der Waals surface area contributed by atoms with E-state index in [2.05, 4.69) is 5.48 Å². The van der Waals surface area contributed by atoms with Gasteiger partial charge in [-0.1, -0.05) is 34.8 Å². The summed E-state index contributed by atoms with van der Waals surface area (Å²) in [5, 5.41) is 1.33. The number of rotatable bonds is 2. The molecule has 0 aliphatic carbocycles. The molecule has 0 spiro atoms. The molecule has 1 N–H and O–H groups in total. The van der Waals surface area contributed by atoms with Crippen LogP contribution in [-0.2, 0) is 4.84 Å². The summed E-state index contributed by atoms with van der Waals surface area (Å²) in [5.41, 5.74) is 3.61. The van der Waals surface area contributed by atoms with Crippen molar-refractivity contribution in [1.29, 1.82) is 0 Å². The molecule has 0 aromatic heterocycles. The Morgan fingerprint density at radius 2 is 2.12 bits per heavy atom. The highest BCUT2D eigenvalue weighted by Gasteiger charge is 2.27. The van der Waals surface area contributed by atoms with Gasteiger partial charge in [-0.2, -0.15) is 5.48 Å². The Labute approximate surface area is 109 Å². The molecule has 88 valence electrons. The molecule has 1 aliphatic rings. The van der Waals surface area contributed by atoms with E-state index < -0.39 is 0 Å². The first-order valence-corrected chi connectivity index (χ1v) is 5.87. The fourth-order valence-electron chi connectivity index (χ4n) is 1.74. The first-order valence-electron chi connectivity index (χ1n) is 4.74. The van der Waals surface area contributed by atoms with Gasteiger partial charge >= 0.3 is 0 Å². The number of hydrogen-bond donors (Lipinski definition) is 1. The molecule has 0 bridgehead atoms. The van der Waals surface area contributed by atoms with Crippen molar-refractivity contribution in [3.05, 3.63) is 26.7 Å². The minimum atomic E-state index is -0.0579. The van der Waals surface area contributed by atoms with Gasteiger partial charge in [0.2, 0.25) is 0 Å². The maximum atomic E-state index is 6.15. The van der Waals surface area contributed by atoms with E-state index in [0.29, 0.717) is 27.4 Å². The van der Waals surface area contributed by atoms with Gasteiger partial charge in [-0.15, -0.1) is 0 Å². The zero-order valence-corrected chi connectivity index (χ0v) is 10.8. The summed E-state index contributed by atoms with van der Waals surface area (Å²) in [5.74, 6) is 0.580. The Morgan fingerprint density at radius 1 is 1.38 bits per heavy atom. The second-order valence-corrected chi connectivity index (χ2v) is 4.60. The predicted molar refractivity (Wildman–Crippen MR) is 64.5 cm³/mol. The lowest BCUT2D eigenvalue weighted by atomic mass is 10.0. The number of halogens is 3. The van der Waals surface area contributed by atoms with Crippen molar-refractivity contribution < 1.29 is 9.57 Å². The summed E-state index contributed by atoms with van der Waals surface area (Å²) < 4.78 is 5.50. The molecule has 0 saturated carbocycles. The minimum absolute atomic E-state index is 0.0579. The Morgan fingerprint density at radius 3 is 2.81 bits per heavy atom. The van der Waals surface area contributed by atoms with Crippen LogP contribution in [0.15, 0.2) is 6.07 Å². The van der Waals surface area contributed by atoms with Crippen LogP contribution in [0.5, 0.6) is 5.75 Å². The van der Waals surface area contributed by atoms with Gasteiger partial charge < -0.3 is 9.57 Å². The van der Waals surface area contributed by atoms with E-state index in [1.54, 1.807) is 13.2 Å². The van der Waals surface area contributed by atoms with Gasteiger partial charge in [-0.3, -0.25) is 0 Å². The van der Waals surface area contributed by atoms with Gasteiger partial charge in [-0.05, 0) is 6.07 Å². The van der Waals surface area contributed by atoms with Gasteiger partial charge in [0.05, 0.1) is 34.8 Å². The zero-order valence-electron chi connectivity index (χ0n) is 8.52. The van der Waals surface area contributed by atoms with Crippen LogP contribution in [0.25, 0.3) is 0 Å². The maximum Gasteiger partial charge on any atom is 0.144 e. The molecule has 2 rings (SSSR count). The first-order chi connectivity index (χ1) is 7.65. The molecule has 1 atom stereocenters. The normalized spacial score (nSPS) is 19.1. The molecule has 3 nitrogen and oxygen atoms in total. The van der Waals surface area contributed by atoms with Gasteiger partial charge in [0, 0.05) is 12.0 Å². The molecule has 0 radical (unpaired) electrons. The third-order valence-corrected chi connectivity index (χ3v) is 3.51. The topological polar surface area (TPSA) is 30.5 Å². The van der Waals surface area contributed by atoms with Gasteiger partial charge in [0.25, 0.3) is 0 Å². The number of fused-ring (bicyclic) bond motifs is 1. The van der Waals surface area contributed by atoms with Crippen LogP contribution in [-0.4, -0.2) is 13.7 Å². The summed E-state index contributed by atoms with van der Waals surface area (Å²) >= 11 is 18.2. The van der Waals surface area contributed by atoms with Crippen LogP contribution < -0.4 is 10.2 Å². The van der Waals surface area contributed by atoms with Crippen molar-refractivity contribution in [3.8, 4) is 5.75 Å². The van der Waals surface area contributed by atoms with E-state index >= 15 is 0 Å². The van der Waals surface area contributed by atoms with Crippen LogP contribution in [0.2, 0.25) is 15.1 Å². The lowest BCUT2D eigenvalue weighted by Crippen LogP contribution is -2.26. The average Bonchev–Trinajstić information content (AvgIpc) is 2.26. The highest BCUT2D eigenvalue weighted by atomic mass is 35.5. The second kappa shape index (κ2) is 4.98. The van der Waals surface area contributed by atoms with Crippen LogP contribution in [0.1, 0.15) is 18.0 Å². The lowest BCUT2D eigenvalue weighted by Gasteiger charge is -2.27. The molecule has 0 fully saturated rings. The summed E-state index contributed by atoms with van der Waals surface area (Å²) in [4.78, 5) is 4.92. The van der Waals surface area contributed by atoms with E-state index in [0.717, 1.165) is 12.0 Å². The minimum Gasteiger partial charge on any atom is -0.492 e. The SMILES string of the molecule is CONC1CCOc2c(Cl)cc(Cl)c(Cl)c21. The molecule has 1 aliphatic heterocycles. The fourth-order valence-corrected chi connectivity index (χ4v) is 2.54. The summed E-state index contributed by atoms with van der Waals surface area (Å²) in [6, 6.07) is 1.52. The van der Waals surface area contributed by atoms with Crippen LogP contribution in [0.3, 0.4) is 0 Å². The average molecular weight is 283 g/mol. The molecule has 1 aromatic carbocycles. The highest BCUT2D eigenvalue weighted by Crippen LogP contribution is 2.45. The number of nitrogens with one attached hydrogen (secondary N) is 1. The van der Waals surface area contributed by atoms with Crippen molar-refractivity contribution in [3.63, 3.8) is 0 Å². The predicted octanol–water partition coefficient (Wildman–Crippen LogP) is 3.62. The quantitative estimate of drug-likeness (QED) is 0.664.